The van der Waals surface area contributed by atoms with Crippen LogP contribution in [-0.2, 0) is 9.59 Å². The van der Waals surface area contributed by atoms with Crippen molar-refractivity contribution in [3.8, 4) is 0 Å². The molecular formula is C13H22N2O4S. The molecule has 1 atom stereocenters. The lowest BCUT2D eigenvalue weighted by molar-refractivity contribution is -0.139. The Hall–Kier alpha value is -1.24. The van der Waals surface area contributed by atoms with E-state index in [0.717, 1.165) is 24.3 Å². The maximum atomic E-state index is 11.7. The number of hydrogen-bond donors (Lipinski definition) is 3. The van der Waals surface area contributed by atoms with Gasteiger partial charge in [-0.3, -0.25) is 14.9 Å². The second-order valence-corrected chi connectivity index (χ2v) is 7.00. The van der Waals surface area contributed by atoms with Gasteiger partial charge in [-0.2, -0.15) is 11.8 Å². The van der Waals surface area contributed by atoms with Crippen molar-refractivity contribution in [2.24, 2.45) is 5.41 Å². The first kappa shape index (κ1) is 16.8. The van der Waals surface area contributed by atoms with E-state index in [1.54, 1.807) is 25.6 Å². The molecule has 0 saturated carbocycles. The van der Waals surface area contributed by atoms with Gasteiger partial charge in [0, 0.05) is 18.2 Å². The van der Waals surface area contributed by atoms with Crippen molar-refractivity contribution in [3.05, 3.63) is 0 Å². The summed E-state index contributed by atoms with van der Waals surface area (Å²) in [7, 11) is 0. The maximum Gasteiger partial charge on any atom is 0.321 e. The molecule has 1 aliphatic rings. The summed E-state index contributed by atoms with van der Waals surface area (Å²) >= 11 is 1.79. The summed E-state index contributed by atoms with van der Waals surface area (Å²) in [6.45, 7) is 3.38. The van der Waals surface area contributed by atoms with Crippen molar-refractivity contribution >= 4 is 29.7 Å². The van der Waals surface area contributed by atoms with Crippen LogP contribution in [0.4, 0.5) is 4.79 Å². The van der Waals surface area contributed by atoms with Gasteiger partial charge in [0.15, 0.2) is 0 Å². The van der Waals surface area contributed by atoms with E-state index in [1.807, 2.05) is 0 Å². The highest BCUT2D eigenvalue weighted by atomic mass is 32.2. The lowest BCUT2D eigenvalue weighted by Gasteiger charge is -2.24. The molecule has 114 valence electrons. The second kappa shape index (κ2) is 7.52. The Morgan fingerprint density at radius 1 is 1.30 bits per heavy atom. The Bertz CT molecular complexity index is 379. The third kappa shape index (κ3) is 6.79. The van der Waals surface area contributed by atoms with Gasteiger partial charge in [-0.15, -0.1) is 0 Å². The van der Waals surface area contributed by atoms with Crippen molar-refractivity contribution in [1.82, 2.24) is 10.6 Å². The van der Waals surface area contributed by atoms with Crippen molar-refractivity contribution in [2.75, 3.05) is 11.5 Å². The number of urea groups is 1. The van der Waals surface area contributed by atoms with E-state index < -0.39 is 23.3 Å². The summed E-state index contributed by atoms with van der Waals surface area (Å²) < 4.78 is 0. The molecule has 0 aromatic rings. The molecule has 1 rings (SSSR count). The summed E-state index contributed by atoms with van der Waals surface area (Å²) in [4.78, 5) is 34.1. The van der Waals surface area contributed by atoms with E-state index in [1.165, 1.54) is 0 Å². The van der Waals surface area contributed by atoms with E-state index in [2.05, 4.69) is 10.6 Å². The molecule has 0 aliphatic carbocycles. The maximum absolute atomic E-state index is 11.7. The normalized spacial score (nSPS) is 19.2. The fraction of sp³-hybridized carbons (Fsp3) is 0.769. The number of carbonyl (C=O) groups is 3. The third-order valence-electron chi connectivity index (χ3n) is 3.02. The van der Waals surface area contributed by atoms with Gasteiger partial charge in [0.2, 0.25) is 5.91 Å². The molecule has 1 fully saturated rings. The number of thioether (sulfide) groups is 1. The zero-order valence-corrected chi connectivity index (χ0v) is 12.7. The Morgan fingerprint density at radius 2 is 2.00 bits per heavy atom. The SMILES string of the molecule is CC(C)(CC(=O)O)CC(=O)NC(=O)NC1CCCSC1. The summed E-state index contributed by atoms with van der Waals surface area (Å²) in [6.07, 6.45) is 1.89. The fourth-order valence-corrected chi connectivity index (χ4v) is 3.23. The molecule has 6 nitrogen and oxygen atoms in total. The molecule has 3 amide bonds. The average molecular weight is 302 g/mol. The quantitative estimate of drug-likeness (QED) is 0.717. The van der Waals surface area contributed by atoms with Crippen molar-refractivity contribution < 1.29 is 19.5 Å². The largest absolute Gasteiger partial charge is 0.481 e. The van der Waals surface area contributed by atoms with E-state index >= 15 is 0 Å². The number of carbonyl (C=O) groups excluding carboxylic acids is 2. The summed E-state index contributed by atoms with van der Waals surface area (Å²) in [6, 6.07) is -0.387. The van der Waals surface area contributed by atoms with Crippen LogP contribution in [-0.4, -0.2) is 40.6 Å². The molecule has 7 heteroatoms. The van der Waals surface area contributed by atoms with Gasteiger partial charge >= 0.3 is 12.0 Å². The molecular weight excluding hydrogens is 280 g/mol. The van der Waals surface area contributed by atoms with Gasteiger partial charge < -0.3 is 10.4 Å². The van der Waals surface area contributed by atoms with Crippen LogP contribution in [0.2, 0.25) is 0 Å². The van der Waals surface area contributed by atoms with E-state index in [9.17, 15) is 14.4 Å². The molecule has 0 bridgehead atoms. The topological polar surface area (TPSA) is 95.5 Å². The number of carboxylic acids is 1. The fourth-order valence-electron chi connectivity index (χ4n) is 2.15. The zero-order valence-electron chi connectivity index (χ0n) is 11.9. The number of aliphatic carboxylic acids is 1. The lowest BCUT2D eigenvalue weighted by atomic mass is 9.85. The molecule has 0 aromatic heterocycles. The minimum absolute atomic E-state index is 0.00609. The van der Waals surface area contributed by atoms with Crippen LogP contribution in [0.25, 0.3) is 0 Å². The van der Waals surface area contributed by atoms with Gasteiger partial charge in [0.25, 0.3) is 0 Å². The van der Waals surface area contributed by atoms with Crippen LogP contribution in [0.3, 0.4) is 0 Å². The van der Waals surface area contributed by atoms with Crippen LogP contribution >= 0.6 is 11.8 Å². The number of carboxylic acid groups (broad SMARTS) is 1. The van der Waals surface area contributed by atoms with E-state index in [0.29, 0.717) is 0 Å². The predicted octanol–water partition coefficient (Wildman–Crippen LogP) is 1.60. The third-order valence-corrected chi connectivity index (χ3v) is 4.23. The summed E-state index contributed by atoms with van der Waals surface area (Å²) in [5.74, 6) is 0.581. The van der Waals surface area contributed by atoms with Gasteiger partial charge in [0.1, 0.15) is 0 Å². The van der Waals surface area contributed by atoms with E-state index in [-0.39, 0.29) is 18.9 Å². The molecule has 1 aliphatic heterocycles. The van der Waals surface area contributed by atoms with Crippen LogP contribution in [0.15, 0.2) is 0 Å². The lowest BCUT2D eigenvalue weighted by Crippen LogP contribution is -2.47. The zero-order chi connectivity index (χ0) is 15.2. The smallest absolute Gasteiger partial charge is 0.321 e. The Balaban J connectivity index is 2.33. The van der Waals surface area contributed by atoms with Crippen molar-refractivity contribution in [3.63, 3.8) is 0 Å². The molecule has 0 radical (unpaired) electrons. The number of hydrogen-bond acceptors (Lipinski definition) is 4. The molecule has 0 spiro atoms. The summed E-state index contributed by atoms with van der Waals surface area (Å²) in [5, 5.41) is 13.8. The van der Waals surface area contributed by atoms with Crippen molar-refractivity contribution in [2.45, 2.75) is 45.6 Å². The highest BCUT2D eigenvalue weighted by Gasteiger charge is 2.26. The van der Waals surface area contributed by atoms with Crippen LogP contribution < -0.4 is 10.6 Å². The standard InChI is InChI=1S/C13H22N2O4S/c1-13(2,7-11(17)18)6-10(16)15-12(19)14-9-4-3-5-20-8-9/h9H,3-8H2,1-2H3,(H,17,18)(H2,14,15,16,19). The second-order valence-electron chi connectivity index (χ2n) is 5.85. The molecule has 1 unspecified atom stereocenters. The van der Waals surface area contributed by atoms with Crippen LogP contribution in [0.5, 0.6) is 0 Å². The Kier molecular flexibility index (Phi) is 6.32. The van der Waals surface area contributed by atoms with Gasteiger partial charge in [-0.05, 0) is 24.0 Å². The summed E-state index contributed by atoms with van der Waals surface area (Å²) in [5.41, 5.74) is -0.670. The highest BCUT2D eigenvalue weighted by molar-refractivity contribution is 7.99. The van der Waals surface area contributed by atoms with Gasteiger partial charge in [-0.25, -0.2) is 4.79 Å². The number of nitrogens with one attached hydrogen (secondary N) is 2. The first-order chi connectivity index (χ1) is 9.28. The van der Waals surface area contributed by atoms with Gasteiger partial charge in [0.05, 0.1) is 6.42 Å². The number of imide groups is 1. The monoisotopic (exact) mass is 302 g/mol. The molecule has 0 aromatic carbocycles. The highest BCUT2D eigenvalue weighted by Crippen LogP contribution is 2.24. The minimum atomic E-state index is -0.952. The Labute approximate surface area is 123 Å². The Morgan fingerprint density at radius 3 is 2.55 bits per heavy atom. The first-order valence-corrected chi connectivity index (χ1v) is 7.84. The van der Waals surface area contributed by atoms with E-state index in [4.69, 9.17) is 5.11 Å². The minimum Gasteiger partial charge on any atom is -0.481 e. The first-order valence-electron chi connectivity index (χ1n) is 6.68. The number of rotatable bonds is 5. The van der Waals surface area contributed by atoms with Gasteiger partial charge in [-0.1, -0.05) is 13.8 Å². The average Bonchev–Trinajstić information content (AvgIpc) is 2.26. The van der Waals surface area contributed by atoms with Crippen LogP contribution in [0, 0.1) is 5.41 Å². The predicted molar refractivity (Wildman–Crippen MR) is 77.7 cm³/mol. The van der Waals surface area contributed by atoms with Crippen molar-refractivity contribution in [1.29, 1.82) is 0 Å². The molecule has 20 heavy (non-hydrogen) atoms. The number of amides is 3. The molecule has 1 saturated heterocycles. The van der Waals surface area contributed by atoms with Crippen LogP contribution in [0.1, 0.15) is 39.5 Å². The molecule has 1 heterocycles. The molecule has 3 N–H and O–H groups in total.